The minimum atomic E-state index is -1.38. The molecule has 0 spiro atoms. The molecular formula is C26H34N2O5S. The number of benzene rings is 2. The van der Waals surface area contributed by atoms with Crippen LogP contribution in [0.15, 0.2) is 53.4 Å². The number of hydrogen-bond donors (Lipinski definition) is 2. The van der Waals surface area contributed by atoms with Crippen LogP contribution in [-0.2, 0) is 4.79 Å². The summed E-state index contributed by atoms with van der Waals surface area (Å²) in [4.78, 5) is 18.1. The second-order valence-corrected chi connectivity index (χ2v) is 10.3. The van der Waals surface area contributed by atoms with Gasteiger partial charge in [-0.25, -0.2) is 0 Å². The van der Waals surface area contributed by atoms with Crippen LogP contribution >= 0.6 is 11.8 Å². The molecule has 1 saturated heterocycles. The first-order valence-electron chi connectivity index (χ1n) is 11.9. The molecule has 34 heavy (non-hydrogen) atoms. The number of aliphatic hydroxyl groups excluding tert-OH is 1. The van der Waals surface area contributed by atoms with Crippen molar-refractivity contribution >= 4 is 23.4 Å². The van der Waals surface area contributed by atoms with Crippen LogP contribution in [-0.4, -0.2) is 77.9 Å². The van der Waals surface area contributed by atoms with Gasteiger partial charge in [-0.05, 0) is 56.1 Å². The molecular weight excluding hydrogens is 452 g/mol. The number of rotatable bonds is 8. The summed E-state index contributed by atoms with van der Waals surface area (Å²) in [5, 5.41) is 21.6. The van der Waals surface area contributed by atoms with E-state index >= 15 is 0 Å². The Hall–Kier alpha value is -2.42. The lowest BCUT2D eigenvalue weighted by molar-refractivity contribution is -0.145. The van der Waals surface area contributed by atoms with Crippen LogP contribution in [0.2, 0.25) is 0 Å². The molecule has 184 valence electrons. The summed E-state index contributed by atoms with van der Waals surface area (Å²) in [5.74, 6) is 0.225. The number of carboxylic acids is 1. The van der Waals surface area contributed by atoms with Crippen molar-refractivity contribution in [2.45, 2.75) is 48.0 Å². The predicted molar refractivity (Wildman–Crippen MR) is 134 cm³/mol. The Morgan fingerprint density at radius 2 is 1.91 bits per heavy atom. The lowest BCUT2D eigenvalue weighted by atomic mass is 9.90. The summed E-state index contributed by atoms with van der Waals surface area (Å²) in [6.07, 6.45) is -0.175. The summed E-state index contributed by atoms with van der Waals surface area (Å²) >= 11 is 1.19. The third-order valence-corrected chi connectivity index (χ3v) is 8.36. The minimum Gasteiger partial charge on any atom is -0.497 e. The quantitative estimate of drug-likeness (QED) is 0.584. The summed E-state index contributed by atoms with van der Waals surface area (Å²) in [7, 11) is 1.58. The third-order valence-electron chi connectivity index (χ3n) is 6.83. The highest BCUT2D eigenvalue weighted by molar-refractivity contribution is 8.01. The molecule has 0 bridgehead atoms. The molecule has 8 heteroatoms. The molecule has 3 atom stereocenters. The second kappa shape index (κ2) is 10.9. The van der Waals surface area contributed by atoms with Crippen molar-refractivity contribution in [3.63, 3.8) is 0 Å². The predicted octanol–water partition coefficient (Wildman–Crippen LogP) is 3.75. The largest absolute Gasteiger partial charge is 0.497 e. The second-order valence-electron chi connectivity index (χ2n) is 8.89. The highest BCUT2D eigenvalue weighted by Crippen LogP contribution is 2.49. The molecule has 4 rings (SSSR count). The Bertz CT molecular complexity index is 967. The molecule has 2 aromatic carbocycles. The number of carboxylic acid groups (broad SMARTS) is 1. The van der Waals surface area contributed by atoms with E-state index in [2.05, 4.69) is 34.1 Å². The van der Waals surface area contributed by atoms with Gasteiger partial charge >= 0.3 is 5.97 Å². The van der Waals surface area contributed by atoms with Crippen LogP contribution in [0.3, 0.4) is 0 Å². The van der Waals surface area contributed by atoms with E-state index in [4.69, 9.17) is 9.47 Å². The summed E-state index contributed by atoms with van der Waals surface area (Å²) in [6.45, 7) is 6.48. The van der Waals surface area contributed by atoms with E-state index in [-0.39, 0.29) is 0 Å². The van der Waals surface area contributed by atoms with Crippen LogP contribution < -0.4 is 14.4 Å². The van der Waals surface area contributed by atoms with Crippen LogP contribution in [0.25, 0.3) is 0 Å². The lowest BCUT2D eigenvalue weighted by Gasteiger charge is -2.37. The summed E-state index contributed by atoms with van der Waals surface area (Å²) in [6, 6.07) is 15.8. The van der Waals surface area contributed by atoms with E-state index in [1.807, 2.05) is 13.0 Å². The number of ether oxygens (including phenoxy) is 2. The fourth-order valence-electron chi connectivity index (χ4n) is 4.79. The number of aliphatic hydroxyl groups is 1. The van der Waals surface area contributed by atoms with Gasteiger partial charge in [-0.1, -0.05) is 25.1 Å². The van der Waals surface area contributed by atoms with Crippen molar-refractivity contribution in [3.05, 3.63) is 48.5 Å². The monoisotopic (exact) mass is 486 g/mol. The number of piperazine rings is 1. The number of thioether (sulfide) groups is 1. The average molecular weight is 487 g/mol. The standard InChI is InChI=1S/C26H34N2O5S/c1-3-21-24(29)26(25(30)31,34-23-18-20(32-2)10-11-22(23)33-21)12-7-13-27-14-16-28(17-15-27)19-8-5-4-6-9-19/h4-6,8-11,18,21,24,29H,3,7,12-17H2,1-2H3,(H,30,31)/t21-,24+,26?/m0/s1. The van der Waals surface area contributed by atoms with Gasteiger partial charge in [0, 0.05) is 31.9 Å². The van der Waals surface area contributed by atoms with Gasteiger partial charge in [0.05, 0.1) is 12.0 Å². The summed E-state index contributed by atoms with van der Waals surface area (Å²) in [5.41, 5.74) is 1.24. The molecule has 1 fully saturated rings. The van der Waals surface area contributed by atoms with Gasteiger partial charge in [0.25, 0.3) is 0 Å². The van der Waals surface area contributed by atoms with Gasteiger partial charge in [-0.3, -0.25) is 9.69 Å². The third kappa shape index (κ3) is 5.14. The molecule has 7 nitrogen and oxygen atoms in total. The zero-order valence-corrected chi connectivity index (χ0v) is 20.7. The number of fused-ring (bicyclic) bond motifs is 1. The number of carbonyl (C=O) groups is 1. The van der Waals surface area contributed by atoms with Crippen LogP contribution in [0, 0.1) is 0 Å². The maximum absolute atomic E-state index is 12.7. The number of hydrogen-bond acceptors (Lipinski definition) is 7. The zero-order chi connectivity index (χ0) is 24.1. The van der Waals surface area contributed by atoms with Crippen molar-refractivity contribution in [3.8, 4) is 11.5 Å². The SMILES string of the molecule is CC[C@@H]1Oc2ccc(OC)cc2SC(CCCN2CCN(c3ccccc3)CC2)(C(=O)O)[C@@H]1O. The first-order chi connectivity index (χ1) is 16.5. The van der Waals surface area contributed by atoms with Gasteiger partial charge in [0.2, 0.25) is 0 Å². The maximum atomic E-state index is 12.7. The minimum absolute atomic E-state index is 0.351. The number of aliphatic carboxylic acids is 1. The Kier molecular flexibility index (Phi) is 7.91. The highest BCUT2D eigenvalue weighted by atomic mass is 32.2. The Morgan fingerprint density at radius 1 is 1.18 bits per heavy atom. The van der Waals surface area contributed by atoms with Gasteiger partial charge in [-0.2, -0.15) is 0 Å². The van der Waals surface area contributed by atoms with E-state index in [1.165, 1.54) is 17.4 Å². The Morgan fingerprint density at radius 3 is 2.56 bits per heavy atom. The molecule has 0 aromatic heterocycles. The van der Waals surface area contributed by atoms with Gasteiger partial charge in [0.15, 0.2) is 0 Å². The van der Waals surface area contributed by atoms with Gasteiger partial charge in [0.1, 0.15) is 28.5 Å². The zero-order valence-electron chi connectivity index (χ0n) is 19.9. The number of nitrogens with zero attached hydrogens (tertiary/aromatic N) is 2. The van der Waals surface area contributed by atoms with E-state index < -0.39 is 22.9 Å². The first kappa shape index (κ1) is 24.7. The number of methoxy groups -OCH3 is 1. The average Bonchev–Trinajstić information content (AvgIpc) is 2.99. The van der Waals surface area contributed by atoms with Gasteiger partial charge < -0.3 is 24.6 Å². The van der Waals surface area contributed by atoms with Crippen LogP contribution in [0.1, 0.15) is 26.2 Å². The highest BCUT2D eigenvalue weighted by Gasteiger charge is 2.52. The smallest absolute Gasteiger partial charge is 0.322 e. The fourth-order valence-corrected chi connectivity index (χ4v) is 6.18. The molecule has 2 aromatic rings. The Balaban J connectivity index is 1.44. The number of anilines is 1. The fraction of sp³-hybridized carbons (Fsp3) is 0.500. The van der Waals surface area contributed by atoms with Crippen LogP contribution in [0.5, 0.6) is 11.5 Å². The van der Waals surface area contributed by atoms with E-state index in [0.29, 0.717) is 35.7 Å². The molecule has 1 unspecified atom stereocenters. The molecule has 2 heterocycles. The molecule has 2 aliphatic rings. The molecule has 0 amide bonds. The van der Waals surface area contributed by atoms with Crippen molar-refractivity contribution in [1.82, 2.24) is 4.90 Å². The first-order valence-corrected chi connectivity index (χ1v) is 12.8. The Labute approximate surface area is 205 Å². The number of para-hydroxylation sites is 1. The maximum Gasteiger partial charge on any atom is 0.322 e. The molecule has 0 saturated carbocycles. The molecule has 2 N–H and O–H groups in total. The van der Waals surface area contributed by atoms with Crippen molar-refractivity contribution < 1.29 is 24.5 Å². The summed E-state index contributed by atoms with van der Waals surface area (Å²) < 4.78 is 10.0. The molecule has 0 radical (unpaired) electrons. The molecule has 2 aliphatic heterocycles. The normalized spacial score (nSPS) is 25.2. The molecule has 0 aliphatic carbocycles. The van der Waals surface area contributed by atoms with Crippen molar-refractivity contribution in [2.24, 2.45) is 0 Å². The van der Waals surface area contributed by atoms with Crippen LogP contribution in [0.4, 0.5) is 5.69 Å². The van der Waals surface area contributed by atoms with E-state index in [0.717, 1.165) is 32.7 Å². The van der Waals surface area contributed by atoms with Gasteiger partial charge in [-0.15, -0.1) is 11.8 Å². The topological polar surface area (TPSA) is 82.5 Å². The van der Waals surface area contributed by atoms with E-state index in [9.17, 15) is 15.0 Å². The van der Waals surface area contributed by atoms with Crippen molar-refractivity contribution in [1.29, 1.82) is 0 Å². The van der Waals surface area contributed by atoms with Crippen molar-refractivity contribution in [2.75, 3.05) is 44.7 Å². The lowest BCUT2D eigenvalue weighted by Crippen LogP contribution is -2.53. The van der Waals surface area contributed by atoms with E-state index in [1.54, 1.807) is 25.3 Å².